The Balaban J connectivity index is 0.00000341. The number of thiophene rings is 1. The molecule has 1 fully saturated rings. The Labute approximate surface area is 207 Å². The summed E-state index contributed by atoms with van der Waals surface area (Å²) < 4.78 is 0. The Morgan fingerprint density at radius 2 is 2.03 bits per heavy atom. The van der Waals surface area contributed by atoms with Gasteiger partial charge in [0.25, 0.3) is 0 Å². The van der Waals surface area contributed by atoms with Crippen molar-refractivity contribution >= 4 is 47.2 Å². The number of likely N-dealkylation sites (tertiary alicyclic amines) is 1. The van der Waals surface area contributed by atoms with Gasteiger partial charge in [-0.25, -0.2) is 0 Å². The maximum Gasteiger partial charge on any atom is 0.223 e. The van der Waals surface area contributed by atoms with Crippen molar-refractivity contribution in [1.82, 2.24) is 15.5 Å². The minimum absolute atomic E-state index is 0. The molecule has 170 valence electrons. The molecule has 2 aromatic rings. The molecule has 2 atom stereocenters. The molecule has 2 N–H and O–H groups in total. The molecule has 5 nitrogen and oxygen atoms in total. The lowest BCUT2D eigenvalue weighted by Crippen LogP contribution is -2.40. The van der Waals surface area contributed by atoms with E-state index < -0.39 is 0 Å². The van der Waals surface area contributed by atoms with Crippen molar-refractivity contribution in [3.63, 3.8) is 0 Å². The van der Waals surface area contributed by atoms with Gasteiger partial charge >= 0.3 is 0 Å². The van der Waals surface area contributed by atoms with Crippen LogP contribution in [0, 0.1) is 11.8 Å². The number of carbonyl (C=O) groups excluding carboxylic acids is 1. The molecular weight excluding hydrogens is 519 g/mol. The van der Waals surface area contributed by atoms with Gasteiger partial charge in [-0.3, -0.25) is 9.79 Å². The quantitative estimate of drug-likeness (QED) is 0.263. The molecule has 3 rings (SSSR count). The highest BCUT2D eigenvalue weighted by Gasteiger charge is 2.29. The predicted molar refractivity (Wildman–Crippen MR) is 141 cm³/mol. The van der Waals surface area contributed by atoms with E-state index in [2.05, 4.69) is 66.3 Å². The monoisotopic (exact) mass is 554 g/mol. The van der Waals surface area contributed by atoms with Crippen molar-refractivity contribution in [3.05, 3.63) is 58.3 Å². The normalized spacial score (nSPS) is 17.4. The number of amides is 1. The molecule has 1 aromatic carbocycles. The summed E-state index contributed by atoms with van der Waals surface area (Å²) in [4.78, 5) is 20.6. The summed E-state index contributed by atoms with van der Waals surface area (Å²) in [5.41, 5.74) is 1.28. The minimum atomic E-state index is 0. The first kappa shape index (κ1) is 25.6. The average Bonchev–Trinajstić information content (AvgIpc) is 3.38. The molecule has 1 aliphatic rings. The SMILES string of the molecule is CCNC(=NCC(C)Cc1cccs1)NCC1CC(=O)N(CCc2ccccc2)C1.I. The molecule has 0 bridgehead atoms. The third kappa shape index (κ3) is 8.80. The fraction of sp³-hybridized carbons (Fsp3) is 0.500. The Morgan fingerprint density at radius 1 is 1.23 bits per heavy atom. The second-order valence-corrected chi connectivity index (χ2v) is 9.17. The molecule has 1 aromatic heterocycles. The lowest BCUT2D eigenvalue weighted by molar-refractivity contribution is -0.127. The van der Waals surface area contributed by atoms with Gasteiger partial charge in [0, 0.05) is 49.9 Å². The number of nitrogens with one attached hydrogen (secondary N) is 2. The highest BCUT2D eigenvalue weighted by molar-refractivity contribution is 14.0. The zero-order chi connectivity index (χ0) is 21.2. The largest absolute Gasteiger partial charge is 0.357 e. The van der Waals surface area contributed by atoms with Crippen molar-refractivity contribution < 1.29 is 4.79 Å². The molecule has 0 aliphatic carbocycles. The highest BCUT2D eigenvalue weighted by Crippen LogP contribution is 2.18. The molecule has 7 heteroatoms. The Kier molecular flexibility index (Phi) is 11.4. The van der Waals surface area contributed by atoms with Gasteiger partial charge in [0.05, 0.1) is 0 Å². The lowest BCUT2D eigenvalue weighted by atomic mass is 10.1. The van der Waals surface area contributed by atoms with Crippen molar-refractivity contribution in [2.24, 2.45) is 16.8 Å². The maximum absolute atomic E-state index is 12.4. The smallest absolute Gasteiger partial charge is 0.223 e. The summed E-state index contributed by atoms with van der Waals surface area (Å²) in [6, 6.07) is 14.7. The summed E-state index contributed by atoms with van der Waals surface area (Å²) in [7, 11) is 0. The first-order valence-corrected chi connectivity index (χ1v) is 11.9. The summed E-state index contributed by atoms with van der Waals surface area (Å²) in [6.07, 6.45) is 2.60. The van der Waals surface area contributed by atoms with Gasteiger partial charge in [0.15, 0.2) is 5.96 Å². The summed E-state index contributed by atoms with van der Waals surface area (Å²) in [6.45, 7) is 8.35. The van der Waals surface area contributed by atoms with Crippen LogP contribution in [0.5, 0.6) is 0 Å². The summed E-state index contributed by atoms with van der Waals surface area (Å²) in [5.74, 6) is 1.95. The molecule has 2 unspecified atom stereocenters. The molecule has 1 amide bonds. The van der Waals surface area contributed by atoms with E-state index in [1.54, 1.807) is 0 Å². The molecule has 1 aliphatic heterocycles. The van der Waals surface area contributed by atoms with E-state index in [1.807, 2.05) is 22.3 Å². The van der Waals surface area contributed by atoms with Crippen LogP contribution in [0.4, 0.5) is 0 Å². The molecule has 31 heavy (non-hydrogen) atoms. The van der Waals surface area contributed by atoms with Crippen molar-refractivity contribution in [3.8, 4) is 0 Å². The first-order chi connectivity index (χ1) is 14.6. The van der Waals surface area contributed by atoms with Gasteiger partial charge in [-0.05, 0) is 42.7 Å². The number of carbonyl (C=O) groups is 1. The number of guanidine groups is 1. The van der Waals surface area contributed by atoms with Gasteiger partial charge in [0.2, 0.25) is 5.91 Å². The second kappa shape index (κ2) is 13.7. The van der Waals surface area contributed by atoms with Crippen LogP contribution in [0.2, 0.25) is 0 Å². The Hall–Kier alpha value is -1.61. The predicted octanol–water partition coefficient (Wildman–Crippen LogP) is 4.19. The van der Waals surface area contributed by atoms with Gasteiger partial charge in [0.1, 0.15) is 0 Å². The summed E-state index contributed by atoms with van der Waals surface area (Å²) in [5, 5.41) is 8.92. The molecule has 0 saturated carbocycles. The molecular formula is C24H35IN4OS. The fourth-order valence-corrected chi connectivity index (χ4v) is 4.65. The number of hydrogen-bond acceptors (Lipinski definition) is 3. The van der Waals surface area contributed by atoms with E-state index >= 15 is 0 Å². The van der Waals surface area contributed by atoms with E-state index in [9.17, 15) is 4.79 Å². The van der Waals surface area contributed by atoms with Gasteiger partial charge in [-0.2, -0.15) is 0 Å². The van der Waals surface area contributed by atoms with Crippen LogP contribution in [0.1, 0.15) is 30.7 Å². The van der Waals surface area contributed by atoms with Crippen LogP contribution in [0.15, 0.2) is 52.8 Å². The van der Waals surface area contributed by atoms with Crippen molar-refractivity contribution in [2.75, 3.05) is 32.7 Å². The zero-order valence-electron chi connectivity index (χ0n) is 18.5. The Bertz CT molecular complexity index is 797. The summed E-state index contributed by atoms with van der Waals surface area (Å²) >= 11 is 1.81. The van der Waals surface area contributed by atoms with E-state index in [4.69, 9.17) is 4.99 Å². The molecule has 0 spiro atoms. The van der Waals surface area contributed by atoms with E-state index in [1.165, 1.54) is 10.4 Å². The fourth-order valence-electron chi connectivity index (χ4n) is 3.78. The van der Waals surface area contributed by atoms with Crippen LogP contribution in [-0.4, -0.2) is 49.5 Å². The number of nitrogens with zero attached hydrogens (tertiary/aromatic N) is 2. The standard InChI is InChI=1S/C24H34N4OS.HI/c1-3-25-24(26-16-19(2)14-22-10-7-13-30-22)27-17-21-15-23(29)28(18-21)12-11-20-8-5-4-6-9-20;/h4-10,13,19,21H,3,11-12,14-18H2,1-2H3,(H2,25,26,27);1H. The molecule has 0 radical (unpaired) electrons. The van der Waals surface area contributed by atoms with E-state index in [-0.39, 0.29) is 29.9 Å². The van der Waals surface area contributed by atoms with Crippen LogP contribution < -0.4 is 10.6 Å². The van der Waals surface area contributed by atoms with E-state index in [0.29, 0.717) is 18.3 Å². The number of hydrogen-bond donors (Lipinski definition) is 2. The zero-order valence-corrected chi connectivity index (χ0v) is 21.7. The van der Waals surface area contributed by atoms with Crippen molar-refractivity contribution in [1.29, 1.82) is 0 Å². The van der Waals surface area contributed by atoms with Crippen LogP contribution in [0.25, 0.3) is 0 Å². The van der Waals surface area contributed by atoms with Gasteiger partial charge in [-0.1, -0.05) is 43.3 Å². The number of benzene rings is 1. The minimum Gasteiger partial charge on any atom is -0.357 e. The maximum atomic E-state index is 12.4. The van der Waals surface area contributed by atoms with Crippen molar-refractivity contribution in [2.45, 2.75) is 33.1 Å². The van der Waals surface area contributed by atoms with Gasteiger partial charge < -0.3 is 15.5 Å². The first-order valence-electron chi connectivity index (χ1n) is 11.0. The molecule has 2 heterocycles. The van der Waals surface area contributed by atoms with E-state index in [0.717, 1.165) is 51.5 Å². The second-order valence-electron chi connectivity index (χ2n) is 8.13. The Morgan fingerprint density at radius 3 is 2.74 bits per heavy atom. The van der Waals surface area contributed by atoms with Gasteiger partial charge in [-0.15, -0.1) is 35.3 Å². The molecule has 1 saturated heterocycles. The third-order valence-electron chi connectivity index (χ3n) is 5.40. The van der Waals surface area contributed by atoms with Crippen LogP contribution >= 0.6 is 35.3 Å². The number of halogens is 1. The van der Waals surface area contributed by atoms with Crippen LogP contribution in [-0.2, 0) is 17.6 Å². The number of aliphatic imine (C=N–C) groups is 1. The third-order valence-corrected chi connectivity index (χ3v) is 6.30. The topological polar surface area (TPSA) is 56.7 Å². The number of rotatable bonds is 10. The average molecular weight is 555 g/mol. The van der Waals surface area contributed by atoms with Crippen LogP contribution in [0.3, 0.4) is 0 Å². The lowest BCUT2D eigenvalue weighted by Gasteiger charge is -2.18. The highest BCUT2D eigenvalue weighted by atomic mass is 127.